The average Bonchev–Trinajstić information content (AvgIpc) is 2.93. The second-order valence-corrected chi connectivity index (χ2v) is 4.14. The summed E-state index contributed by atoms with van der Waals surface area (Å²) in [4.78, 5) is 11.7. The lowest BCUT2D eigenvalue weighted by molar-refractivity contribution is -0.115. The molecule has 0 aliphatic rings. The lowest BCUT2D eigenvalue weighted by atomic mass is 10.2. The standard InChI is InChI=1S/C13H17N5O/c1-2-6-14-8-13(19)17-11-4-3-5-12(7-11)18-9-15-16-10-18/h3-5,7,9-10,14H,2,6,8H2,1H3,(H,17,19). The maximum atomic E-state index is 11.7. The Labute approximate surface area is 111 Å². The molecule has 0 saturated heterocycles. The van der Waals surface area contributed by atoms with Gasteiger partial charge in [-0.3, -0.25) is 9.36 Å². The van der Waals surface area contributed by atoms with E-state index in [1.165, 1.54) is 0 Å². The van der Waals surface area contributed by atoms with Crippen molar-refractivity contribution in [1.82, 2.24) is 20.1 Å². The summed E-state index contributed by atoms with van der Waals surface area (Å²) >= 11 is 0. The van der Waals surface area contributed by atoms with Gasteiger partial charge in [0.1, 0.15) is 12.7 Å². The van der Waals surface area contributed by atoms with E-state index in [1.807, 2.05) is 24.3 Å². The summed E-state index contributed by atoms with van der Waals surface area (Å²) in [5.74, 6) is -0.0469. The van der Waals surface area contributed by atoms with Crippen LogP contribution in [0.3, 0.4) is 0 Å². The molecule has 2 aromatic rings. The van der Waals surface area contributed by atoms with Gasteiger partial charge in [0.2, 0.25) is 5.91 Å². The zero-order valence-electron chi connectivity index (χ0n) is 10.8. The highest BCUT2D eigenvalue weighted by molar-refractivity contribution is 5.92. The van der Waals surface area contributed by atoms with Gasteiger partial charge >= 0.3 is 0 Å². The molecule has 0 atom stereocenters. The molecule has 6 nitrogen and oxygen atoms in total. The van der Waals surface area contributed by atoms with Crippen LogP contribution in [0.5, 0.6) is 0 Å². The molecular formula is C13H17N5O. The van der Waals surface area contributed by atoms with Crippen molar-refractivity contribution in [3.8, 4) is 5.69 Å². The van der Waals surface area contributed by atoms with E-state index in [1.54, 1.807) is 17.2 Å². The van der Waals surface area contributed by atoms with Gasteiger partial charge in [0.15, 0.2) is 0 Å². The average molecular weight is 259 g/mol. The molecule has 0 fully saturated rings. The van der Waals surface area contributed by atoms with Crippen molar-refractivity contribution in [3.63, 3.8) is 0 Å². The normalized spacial score (nSPS) is 10.4. The van der Waals surface area contributed by atoms with E-state index in [9.17, 15) is 4.79 Å². The van der Waals surface area contributed by atoms with Gasteiger partial charge in [0.05, 0.1) is 12.2 Å². The van der Waals surface area contributed by atoms with Crippen LogP contribution in [0.1, 0.15) is 13.3 Å². The number of aromatic nitrogens is 3. The van der Waals surface area contributed by atoms with Gasteiger partial charge in [0, 0.05) is 5.69 Å². The van der Waals surface area contributed by atoms with Gasteiger partial charge in [-0.1, -0.05) is 13.0 Å². The first-order chi connectivity index (χ1) is 9.29. The fourth-order valence-electron chi connectivity index (χ4n) is 1.66. The van der Waals surface area contributed by atoms with Crippen LogP contribution in [-0.4, -0.2) is 33.8 Å². The number of carbonyl (C=O) groups is 1. The predicted molar refractivity (Wildman–Crippen MR) is 73.1 cm³/mol. The van der Waals surface area contributed by atoms with Gasteiger partial charge in [-0.15, -0.1) is 10.2 Å². The van der Waals surface area contributed by atoms with E-state index in [-0.39, 0.29) is 5.91 Å². The number of hydrogen-bond donors (Lipinski definition) is 2. The van der Waals surface area contributed by atoms with Crippen molar-refractivity contribution >= 4 is 11.6 Å². The topological polar surface area (TPSA) is 71.8 Å². The van der Waals surface area contributed by atoms with Crippen LogP contribution in [-0.2, 0) is 4.79 Å². The van der Waals surface area contributed by atoms with Crippen molar-refractivity contribution in [2.45, 2.75) is 13.3 Å². The molecule has 2 rings (SSSR count). The molecule has 0 aliphatic carbocycles. The molecule has 0 aliphatic heterocycles. The van der Waals surface area contributed by atoms with E-state index in [4.69, 9.17) is 0 Å². The molecule has 1 aromatic heterocycles. The lowest BCUT2D eigenvalue weighted by Gasteiger charge is -2.08. The first kappa shape index (κ1) is 13.2. The number of rotatable bonds is 6. The van der Waals surface area contributed by atoms with Crippen molar-refractivity contribution in [2.24, 2.45) is 0 Å². The second kappa shape index (κ2) is 6.65. The number of anilines is 1. The Hall–Kier alpha value is -2.21. The monoisotopic (exact) mass is 259 g/mol. The SMILES string of the molecule is CCCNCC(=O)Nc1cccc(-n2cnnc2)c1. The lowest BCUT2D eigenvalue weighted by Crippen LogP contribution is -2.28. The minimum atomic E-state index is -0.0469. The maximum absolute atomic E-state index is 11.7. The predicted octanol–water partition coefficient (Wildman–Crippen LogP) is 1.21. The van der Waals surface area contributed by atoms with Gasteiger partial charge < -0.3 is 10.6 Å². The minimum absolute atomic E-state index is 0.0469. The number of nitrogens with one attached hydrogen (secondary N) is 2. The summed E-state index contributed by atoms with van der Waals surface area (Å²) in [6.07, 6.45) is 4.24. The second-order valence-electron chi connectivity index (χ2n) is 4.14. The van der Waals surface area contributed by atoms with Gasteiger partial charge in [0.25, 0.3) is 0 Å². The fourth-order valence-corrected chi connectivity index (χ4v) is 1.66. The van der Waals surface area contributed by atoms with Crippen molar-refractivity contribution in [1.29, 1.82) is 0 Å². The van der Waals surface area contributed by atoms with E-state index in [2.05, 4.69) is 27.8 Å². The van der Waals surface area contributed by atoms with Crippen LogP contribution in [0, 0.1) is 0 Å². The molecule has 1 heterocycles. The van der Waals surface area contributed by atoms with E-state index in [0.29, 0.717) is 6.54 Å². The third-order valence-corrected chi connectivity index (χ3v) is 2.56. The van der Waals surface area contributed by atoms with E-state index in [0.717, 1.165) is 24.3 Å². The summed E-state index contributed by atoms with van der Waals surface area (Å²) in [5, 5.41) is 13.4. The molecule has 0 radical (unpaired) electrons. The zero-order valence-corrected chi connectivity index (χ0v) is 10.8. The summed E-state index contributed by atoms with van der Waals surface area (Å²) in [7, 11) is 0. The molecule has 0 unspecified atom stereocenters. The van der Waals surface area contributed by atoms with Crippen molar-refractivity contribution in [2.75, 3.05) is 18.4 Å². The van der Waals surface area contributed by atoms with Crippen LogP contribution in [0.25, 0.3) is 5.69 Å². The van der Waals surface area contributed by atoms with Crippen LogP contribution in [0.2, 0.25) is 0 Å². The Bertz CT molecular complexity index is 524. The van der Waals surface area contributed by atoms with Crippen LogP contribution >= 0.6 is 0 Å². The highest BCUT2D eigenvalue weighted by Crippen LogP contribution is 2.13. The minimum Gasteiger partial charge on any atom is -0.325 e. The molecule has 0 saturated carbocycles. The molecule has 100 valence electrons. The zero-order chi connectivity index (χ0) is 13.5. The molecule has 0 bridgehead atoms. The summed E-state index contributed by atoms with van der Waals surface area (Å²) < 4.78 is 1.78. The molecule has 0 spiro atoms. The Morgan fingerprint density at radius 2 is 2.11 bits per heavy atom. The van der Waals surface area contributed by atoms with Gasteiger partial charge in [-0.2, -0.15) is 0 Å². The summed E-state index contributed by atoms with van der Waals surface area (Å²) in [6, 6.07) is 7.53. The molecule has 2 N–H and O–H groups in total. The molecule has 1 amide bonds. The largest absolute Gasteiger partial charge is 0.325 e. The van der Waals surface area contributed by atoms with Crippen molar-refractivity contribution in [3.05, 3.63) is 36.9 Å². The smallest absolute Gasteiger partial charge is 0.238 e. The van der Waals surface area contributed by atoms with Gasteiger partial charge in [-0.25, -0.2) is 0 Å². The fraction of sp³-hybridized carbons (Fsp3) is 0.308. The van der Waals surface area contributed by atoms with E-state index < -0.39 is 0 Å². The Morgan fingerprint density at radius 3 is 2.84 bits per heavy atom. The molecule has 19 heavy (non-hydrogen) atoms. The Kier molecular flexibility index (Phi) is 4.63. The number of benzene rings is 1. The number of carbonyl (C=O) groups excluding carboxylic acids is 1. The van der Waals surface area contributed by atoms with Crippen LogP contribution in [0.15, 0.2) is 36.9 Å². The van der Waals surface area contributed by atoms with Gasteiger partial charge in [-0.05, 0) is 31.2 Å². The quantitative estimate of drug-likeness (QED) is 0.765. The highest BCUT2D eigenvalue weighted by atomic mass is 16.1. The summed E-state index contributed by atoms with van der Waals surface area (Å²) in [5.41, 5.74) is 1.67. The Morgan fingerprint density at radius 1 is 1.32 bits per heavy atom. The number of amides is 1. The van der Waals surface area contributed by atoms with E-state index >= 15 is 0 Å². The molecular weight excluding hydrogens is 242 g/mol. The van der Waals surface area contributed by atoms with Crippen LogP contribution in [0.4, 0.5) is 5.69 Å². The number of nitrogens with zero attached hydrogens (tertiary/aromatic N) is 3. The summed E-state index contributed by atoms with van der Waals surface area (Å²) in [6.45, 7) is 3.23. The molecule has 1 aromatic carbocycles. The maximum Gasteiger partial charge on any atom is 0.238 e. The molecule has 6 heteroatoms. The van der Waals surface area contributed by atoms with Crippen molar-refractivity contribution < 1.29 is 4.79 Å². The Balaban J connectivity index is 1.97. The number of hydrogen-bond acceptors (Lipinski definition) is 4. The third-order valence-electron chi connectivity index (χ3n) is 2.56. The highest BCUT2D eigenvalue weighted by Gasteiger charge is 2.03. The van der Waals surface area contributed by atoms with Crippen LogP contribution < -0.4 is 10.6 Å². The third kappa shape index (κ3) is 3.89. The first-order valence-corrected chi connectivity index (χ1v) is 6.25. The first-order valence-electron chi connectivity index (χ1n) is 6.25.